The fourth-order valence-corrected chi connectivity index (χ4v) is 2.08. The number of hydrogen-bond acceptors (Lipinski definition) is 3. The maximum atomic E-state index is 12.3. The highest BCUT2D eigenvalue weighted by molar-refractivity contribution is 9.10. The van der Waals surface area contributed by atoms with Crippen LogP contribution in [0.5, 0.6) is 0 Å². The Bertz CT molecular complexity index is 851. The third-order valence-corrected chi connectivity index (χ3v) is 3.79. The molecular formula is C14H14BrN3O3. The minimum absolute atomic E-state index is 0.262. The van der Waals surface area contributed by atoms with Crippen molar-refractivity contribution in [1.82, 2.24) is 15.1 Å². The molecule has 110 valence electrons. The first-order chi connectivity index (χ1) is 9.90. The first-order valence-corrected chi connectivity index (χ1v) is 6.91. The van der Waals surface area contributed by atoms with Gasteiger partial charge in [-0.2, -0.15) is 0 Å². The van der Waals surface area contributed by atoms with Crippen molar-refractivity contribution in [2.24, 2.45) is 0 Å². The molecule has 0 spiro atoms. The highest BCUT2D eigenvalue weighted by atomic mass is 79.9. The topological polar surface area (TPSA) is 87.1 Å². The SMILES string of the molecule is C=c1[nH]n(-c2ccc(Br)c(C)c2)c(=O)c1=CNCC(=O)O. The van der Waals surface area contributed by atoms with Gasteiger partial charge in [0.15, 0.2) is 0 Å². The van der Waals surface area contributed by atoms with E-state index in [1.807, 2.05) is 19.1 Å². The highest BCUT2D eigenvalue weighted by Gasteiger charge is 2.06. The van der Waals surface area contributed by atoms with E-state index in [-0.39, 0.29) is 12.1 Å². The van der Waals surface area contributed by atoms with Crippen LogP contribution >= 0.6 is 15.9 Å². The van der Waals surface area contributed by atoms with Gasteiger partial charge >= 0.3 is 5.97 Å². The number of rotatable bonds is 4. The van der Waals surface area contributed by atoms with E-state index >= 15 is 0 Å². The van der Waals surface area contributed by atoms with Crippen LogP contribution in [0.25, 0.3) is 18.5 Å². The number of aromatic nitrogens is 2. The van der Waals surface area contributed by atoms with Gasteiger partial charge in [-0.05, 0) is 30.7 Å². The molecule has 1 aromatic carbocycles. The van der Waals surface area contributed by atoms with Gasteiger partial charge in [0, 0.05) is 10.7 Å². The average molecular weight is 352 g/mol. The van der Waals surface area contributed by atoms with Crippen LogP contribution < -0.4 is 21.4 Å². The third kappa shape index (κ3) is 3.25. The monoisotopic (exact) mass is 351 g/mol. The first-order valence-electron chi connectivity index (χ1n) is 6.12. The molecule has 6 nitrogen and oxygen atoms in total. The number of carboxylic acid groups (broad SMARTS) is 1. The molecule has 0 saturated heterocycles. The molecule has 7 heteroatoms. The summed E-state index contributed by atoms with van der Waals surface area (Å²) < 4.78 is 2.33. The summed E-state index contributed by atoms with van der Waals surface area (Å²) in [4.78, 5) is 22.8. The summed E-state index contributed by atoms with van der Waals surface area (Å²) in [6, 6.07) is 5.51. The molecule has 1 heterocycles. The van der Waals surface area contributed by atoms with E-state index in [1.165, 1.54) is 10.9 Å². The molecule has 0 saturated carbocycles. The van der Waals surface area contributed by atoms with Crippen LogP contribution in [-0.4, -0.2) is 27.4 Å². The van der Waals surface area contributed by atoms with E-state index in [1.54, 1.807) is 6.07 Å². The molecule has 0 aliphatic rings. The normalized spacial score (nSPS) is 11.6. The Balaban J connectivity index is 2.48. The van der Waals surface area contributed by atoms with Crippen LogP contribution in [0.4, 0.5) is 0 Å². The second-order valence-electron chi connectivity index (χ2n) is 4.50. The maximum Gasteiger partial charge on any atom is 0.322 e. The highest BCUT2D eigenvalue weighted by Crippen LogP contribution is 2.17. The number of aliphatic carboxylic acids is 1. The molecule has 1 aromatic heterocycles. The van der Waals surface area contributed by atoms with Crippen molar-refractivity contribution >= 4 is 34.7 Å². The summed E-state index contributed by atoms with van der Waals surface area (Å²) in [6.45, 7) is 5.42. The van der Waals surface area contributed by atoms with E-state index in [4.69, 9.17) is 5.11 Å². The number of benzene rings is 1. The zero-order chi connectivity index (χ0) is 15.6. The predicted molar refractivity (Wildman–Crippen MR) is 83.7 cm³/mol. The second-order valence-corrected chi connectivity index (χ2v) is 5.35. The third-order valence-electron chi connectivity index (χ3n) is 2.90. The molecule has 21 heavy (non-hydrogen) atoms. The largest absolute Gasteiger partial charge is 0.480 e. The van der Waals surface area contributed by atoms with Gasteiger partial charge in [-0.3, -0.25) is 14.7 Å². The molecule has 0 bridgehead atoms. The van der Waals surface area contributed by atoms with E-state index in [0.29, 0.717) is 16.3 Å². The van der Waals surface area contributed by atoms with Crippen LogP contribution in [0.15, 0.2) is 27.5 Å². The lowest BCUT2D eigenvalue weighted by Gasteiger charge is -2.04. The van der Waals surface area contributed by atoms with Gasteiger partial charge in [-0.15, -0.1) is 0 Å². The summed E-state index contributed by atoms with van der Waals surface area (Å²) in [5.41, 5.74) is 1.39. The van der Waals surface area contributed by atoms with Gasteiger partial charge in [0.1, 0.15) is 6.54 Å². The molecule has 0 fully saturated rings. The van der Waals surface area contributed by atoms with Gasteiger partial charge in [-0.1, -0.05) is 22.5 Å². The lowest BCUT2D eigenvalue weighted by molar-refractivity contribution is -0.135. The number of H-pyrrole nitrogens is 1. The van der Waals surface area contributed by atoms with Gasteiger partial charge in [0.2, 0.25) is 0 Å². The van der Waals surface area contributed by atoms with Crippen LogP contribution in [0.3, 0.4) is 0 Å². The minimum atomic E-state index is -1.00. The fraction of sp³-hybridized carbons (Fsp3) is 0.143. The van der Waals surface area contributed by atoms with Gasteiger partial charge in [0.05, 0.1) is 16.3 Å². The van der Waals surface area contributed by atoms with E-state index in [9.17, 15) is 9.59 Å². The number of carbonyl (C=O) groups is 1. The van der Waals surface area contributed by atoms with E-state index in [0.717, 1.165) is 10.0 Å². The summed E-state index contributed by atoms with van der Waals surface area (Å²) in [5.74, 6) is -1.00. The number of nitrogens with zero attached hydrogens (tertiary/aromatic N) is 1. The first kappa shape index (κ1) is 15.1. The Labute approximate surface area is 128 Å². The Morgan fingerprint density at radius 1 is 1.57 bits per heavy atom. The molecule has 0 unspecified atom stereocenters. The fourth-order valence-electron chi connectivity index (χ4n) is 1.83. The standard InChI is InChI=1S/C14H14BrN3O3/c1-8-5-10(3-4-12(8)15)18-14(21)11(9(2)17-18)6-16-7-13(19)20/h3-6,16-17H,2,7H2,1H3,(H,19,20). The number of halogens is 1. The van der Waals surface area contributed by atoms with Crippen molar-refractivity contribution in [3.05, 3.63) is 49.2 Å². The Hall–Kier alpha value is -2.28. The number of nitrogens with one attached hydrogen (secondary N) is 2. The van der Waals surface area contributed by atoms with E-state index < -0.39 is 5.97 Å². The molecule has 0 atom stereocenters. The van der Waals surface area contributed by atoms with Crippen LogP contribution in [0.2, 0.25) is 0 Å². The van der Waals surface area contributed by atoms with Crippen molar-refractivity contribution in [1.29, 1.82) is 0 Å². The number of aromatic amines is 1. The molecule has 3 N–H and O–H groups in total. The second kappa shape index (κ2) is 6.01. The van der Waals surface area contributed by atoms with Crippen molar-refractivity contribution < 1.29 is 9.90 Å². The number of aryl methyl sites for hydroxylation is 1. The van der Waals surface area contributed by atoms with Crippen LogP contribution in [0.1, 0.15) is 5.56 Å². The Kier molecular flexibility index (Phi) is 4.32. The lowest BCUT2D eigenvalue weighted by Crippen LogP contribution is -2.36. The molecule has 0 amide bonds. The van der Waals surface area contributed by atoms with Crippen molar-refractivity contribution in [2.45, 2.75) is 6.92 Å². The molecule has 0 aliphatic heterocycles. The van der Waals surface area contributed by atoms with Crippen molar-refractivity contribution in [2.75, 3.05) is 6.54 Å². The summed E-state index contributed by atoms with van der Waals surface area (Å²) in [7, 11) is 0. The van der Waals surface area contributed by atoms with Crippen LogP contribution in [-0.2, 0) is 4.79 Å². The number of hydrogen-bond donors (Lipinski definition) is 3. The van der Waals surface area contributed by atoms with Crippen LogP contribution in [0, 0.1) is 6.92 Å². The van der Waals surface area contributed by atoms with Crippen molar-refractivity contribution in [3.63, 3.8) is 0 Å². The summed E-state index contributed by atoms with van der Waals surface area (Å²) >= 11 is 3.41. The Morgan fingerprint density at radius 2 is 2.29 bits per heavy atom. The quantitative estimate of drug-likeness (QED) is 0.726. The summed E-state index contributed by atoms with van der Waals surface area (Å²) in [6.07, 6.45) is 1.36. The minimum Gasteiger partial charge on any atom is -0.480 e. The van der Waals surface area contributed by atoms with Gasteiger partial charge in [0.25, 0.3) is 5.56 Å². The molecule has 0 aliphatic carbocycles. The molecule has 2 rings (SSSR count). The zero-order valence-electron chi connectivity index (χ0n) is 11.3. The zero-order valence-corrected chi connectivity index (χ0v) is 12.9. The lowest BCUT2D eigenvalue weighted by atomic mass is 10.2. The van der Waals surface area contributed by atoms with Gasteiger partial charge < -0.3 is 10.4 Å². The smallest absolute Gasteiger partial charge is 0.322 e. The molecular weight excluding hydrogens is 338 g/mol. The predicted octanol–water partition coefficient (Wildman–Crippen LogP) is 0.0590. The van der Waals surface area contributed by atoms with E-state index in [2.05, 4.69) is 32.9 Å². The Morgan fingerprint density at radius 3 is 2.90 bits per heavy atom. The molecule has 0 radical (unpaired) electrons. The summed E-state index contributed by atoms with van der Waals surface area (Å²) in [5, 5.41) is 14.7. The maximum absolute atomic E-state index is 12.3. The van der Waals surface area contributed by atoms with Crippen molar-refractivity contribution in [3.8, 4) is 5.69 Å². The number of carboxylic acids is 1. The van der Waals surface area contributed by atoms with Gasteiger partial charge in [-0.25, -0.2) is 4.68 Å². The molecule has 2 aromatic rings. The average Bonchev–Trinajstić information content (AvgIpc) is 2.69.